The Balaban J connectivity index is 0.000000264. The van der Waals surface area contributed by atoms with Crippen LogP contribution in [0.5, 0.6) is 17.2 Å². The highest BCUT2D eigenvalue weighted by Gasteiger charge is 2.33. The van der Waals surface area contributed by atoms with Gasteiger partial charge in [0.15, 0.2) is 0 Å². The van der Waals surface area contributed by atoms with E-state index in [0.717, 1.165) is 63.1 Å². The van der Waals surface area contributed by atoms with Crippen LogP contribution in [0.2, 0.25) is 0 Å². The number of hydrogen-bond donors (Lipinski definition) is 0. The fraction of sp³-hybridized carbons (Fsp3) is 0.395. The average Bonchev–Trinajstić information content (AvgIpc) is 3.09. The van der Waals surface area contributed by atoms with Crippen molar-refractivity contribution < 1.29 is 47.5 Å². The number of benzene rings is 3. The van der Waals surface area contributed by atoms with E-state index in [1.807, 2.05) is 19.1 Å². The van der Waals surface area contributed by atoms with Crippen molar-refractivity contribution in [2.24, 2.45) is 5.41 Å². The van der Waals surface area contributed by atoms with Crippen LogP contribution in [0.25, 0.3) is 0 Å². The van der Waals surface area contributed by atoms with Gasteiger partial charge in [-0.2, -0.15) is 0 Å². The molecule has 3 aromatic rings. The van der Waals surface area contributed by atoms with Gasteiger partial charge in [-0.05, 0) is 93.3 Å². The molecule has 1 heterocycles. The van der Waals surface area contributed by atoms with Crippen molar-refractivity contribution in [1.82, 2.24) is 0 Å². The van der Waals surface area contributed by atoms with Crippen molar-refractivity contribution in [3.63, 3.8) is 0 Å². The van der Waals surface area contributed by atoms with Gasteiger partial charge in [0.2, 0.25) is 0 Å². The Labute approximate surface area is 282 Å². The summed E-state index contributed by atoms with van der Waals surface area (Å²) in [7, 11) is 1.37. The minimum Gasteiger partial charge on any atom is -0.494 e. The molecule has 1 aliphatic rings. The van der Waals surface area contributed by atoms with Gasteiger partial charge in [0.1, 0.15) is 17.2 Å². The predicted octanol–water partition coefficient (Wildman–Crippen LogP) is 6.79. The summed E-state index contributed by atoms with van der Waals surface area (Å²) in [5.41, 5.74) is 2.30. The molecule has 0 N–H and O–H groups in total. The maximum Gasteiger partial charge on any atom is 0.343 e. The van der Waals surface area contributed by atoms with Crippen LogP contribution in [0.1, 0.15) is 58.9 Å². The highest BCUT2D eigenvalue weighted by molar-refractivity contribution is 5.91. The second kappa shape index (κ2) is 20.5. The van der Waals surface area contributed by atoms with E-state index in [2.05, 4.69) is 18.2 Å². The quantitative estimate of drug-likeness (QED) is 0.0624. The molecular weight excluding hydrogens is 616 g/mol. The van der Waals surface area contributed by atoms with Gasteiger partial charge in [-0.15, -0.1) is 0 Å². The molecule has 10 nitrogen and oxygen atoms in total. The molecule has 0 aromatic heterocycles. The molecule has 0 unspecified atom stereocenters. The maximum absolute atomic E-state index is 12.1. The van der Waals surface area contributed by atoms with E-state index < -0.39 is 11.9 Å². The van der Waals surface area contributed by atoms with Crippen molar-refractivity contribution in [1.29, 1.82) is 0 Å². The van der Waals surface area contributed by atoms with Crippen LogP contribution >= 0.6 is 0 Å². The highest BCUT2D eigenvalue weighted by Crippen LogP contribution is 2.26. The summed E-state index contributed by atoms with van der Waals surface area (Å²) in [6.45, 7) is 12.1. The van der Waals surface area contributed by atoms with Gasteiger partial charge in [-0.1, -0.05) is 31.2 Å². The molecule has 0 bridgehead atoms. The first-order valence-electron chi connectivity index (χ1n) is 16.0. The molecule has 0 radical (unpaired) electrons. The van der Waals surface area contributed by atoms with Gasteiger partial charge in [0.05, 0.1) is 57.9 Å². The molecule has 1 saturated heterocycles. The smallest absolute Gasteiger partial charge is 0.343 e. The number of unbranched alkanes of at least 4 members (excludes halogenated alkanes) is 2. The summed E-state index contributed by atoms with van der Waals surface area (Å²) in [5.74, 6) is 0.767. The summed E-state index contributed by atoms with van der Waals surface area (Å²) < 4.78 is 36.9. The van der Waals surface area contributed by atoms with Crippen LogP contribution in [0, 0.1) is 12.3 Å². The summed E-state index contributed by atoms with van der Waals surface area (Å²) in [4.78, 5) is 34.3. The Kier molecular flexibility index (Phi) is 16.2. The van der Waals surface area contributed by atoms with E-state index in [1.54, 1.807) is 60.7 Å². The van der Waals surface area contributed by atoms with E-state index in [9.17, 15) is 14.4 Å². The van der Waals surface area contributed by atoms with E-state index >= 15 is 0 Å². The molecule has 0 saturated carbocycles. The first kappa shape index (κ1) is 37.8. The largest absolute Gasteiger partial charge is 0.494 e. The zero-order chi connectivity index (χ0) is 34.6. The first-order chi connectivity index (χ1) is 23.2. The molecule has 0 amide bonds. The molecule has 1 aliphatic heterocycles. The van der Waals surface area contributed by atoms with E-state index in [0.29, 0.717) is 48.9 Å². The molecule has 3 aromatic carbocycles. The summed E-state index contributed by atoms with van der Waals surface area (Å²) >= 11 is 0. The van der Waals surface area contributed by atoms with E-state index in [1.165, 1.54) is 7.11 Å². The van der Waals surface area contributed by atoms with Crippen molar-refractivity contribution in [3.8, 4) is 17.2 Å². The van der Waals surface area contributed by atoms with Crippen LogP contribution in [-0.2, 0) is 23.7 Å². The fourth-order valence-electron chi connectivity index (χ4n) is 4.24. The SMILES string of the molecule is C=CC(=O)OCCCCOc1ccc(C(=O)Oc2ccc(C)cc2)cc1.COC(=O)c1ccc(OCCCCOCC2(C)COC2)cc1. The molecule has 0 atom stereocenters. The Morgan fingerprint density at radius 3 is 1.73 bits per heavy atom. The third-order valence-corrected chi connectivity index (χ3v) is 7.12. The van der Waals surface area contributed by atoms with Crippen LogP contribution in [-0.4, -0.2) is 71.3 Å². The number of aryl methyl sites for hydroxylation is 1. The predicted molar refractivity (Wildman–Crippen MR) is 181 cm³/mol. The summed E-state index contributed by atoms with van der Waals surface area (Å²) in [6.07, 6.45) is 4.51. The maximum atomic E-state index is 12.1. The Hall–Kier alpha value is -4.67. The summed E-state index contributed by atoms with van der Waals surface area (Å²) in [5, 5.41) is 0. The molecule has 10 heteroatoms. The third-order valence-electron chi connectivity index (χ3n) is 7.12. The Morgan fingerprint density at radius 1 is 0.729 bits per heavy atom. The second-order valence-corrected chi connectivity index (χ2v) is 11.6. The first-order valence-corrected chi connectivity index (χ1v) is 16.0. The van der Waals surface area contributed by atoms with Gasteiger partial charge in [0, 0.05) is 18.1 Å². The van der Waals surface area contributed by atoms with Crippen molar-refractivity contribution >= 4 is 17.9 Å². The standard InChI is InChI=1S/C21H22O5.C17H24O5/c1-3-20(22)25-15-5-4-14-24-18-12-8-17(9-13-18)21(23)26-19-10-6-16(2)7-11-19;1-17(12-21-13-17)11-20-9-3-4-10-22-15-7-5-14(6-8-15)16(18)19-2/h3,6-13H,1,4-5,14-15H2,2H3;5-8H,3-4,9-13H2,1-2H3. The monoisotopic (exact) mass is 662 g/mol. The van der Waals surface area contributed by atoms with Crippen LogP contribution < -0.4 is 14.2 Å². The van der Waals surface area contributed by atoms with E-state index in [4.69, 9.17) is 28.4 Å². The zero-order valence-corrected chi connectivity index (χ0v) is 28.1. The van der Waals surface area contributed by atoms with Crippen molar-refractivity contribution in [2.75, 3.05) is 53.4 Å². The van der Waals surface area contributed by atoms with Crippen LogP contribution in [0.4, 0.5) is 0 Å². The molecule has 1 fully saturated rings. The molecular formula is C38H46O10. The van der Waals surface area contributed by atoms with Gasteiger partial charge >= 0.3 is 17.9 Å². The minimum atomic E-state index is -0.418. The zero-order valence-electron chi connectivity index (χ0n) is 28.1. The van der Waals surface area contributed by atoms with Crippen molar-refractivity contribution in [3.05, 3.63) is 102 Å². The lowest BCUT2D eigenvalue weighted by atomic mass is 9.90. The van der Waals surface area contributed by atoms with Gasteiger partial charge in [-0.3, -0.25) is 0 Å². The lowest BCUT2D eigenvalue weighted by Crippen LogP contribution is -2.43. The summed E-state index contributed by atoms with van der Waals surface area (Å²) in [6, 6.07) is 21.0. The number of hydrogen-bond acceptors (Lipinski definition) is 10. The number of ether oxygens (including phenoxy) is 7. The van der Waals surface area contributed by atoms with Gasteiger partial charge in [0.25, 0.3) is 0 Å². The molecule has 0 aliphatic carbocycles. The topological polar surface area (TPSA) is 116 Å². The number of carbonyl (C=O) groups excluding carboxylic acids is 3. The van der Waals surface area contributed by atoms with Crippen LogP contribution in [0.15, 0.2) is 85.5 Å². The molecule has 258 valence electrons. The molecule has 4 rings (SSSR count). The van der Waals surface area contributed by atoms with Gasteiger partial charge < -0.3 is 33.2 Å². The lowest BCUT2D eigenvalue weighted by molar-refractivity contribution is -0.138. The molecule has 0 spiro atoms. The number of esters is 3. The van der Waals surface area contributed by atoms with E-state index in [-0.39, 0.29) is 11.4 Å². The Morgan fingerprint density at radius 2 is 1.23 bits per heavy atom. The second-order valence-electron chi connectivity index (χ2n) is 11.6. The van der Waals surface area contributed by atoms with Crippen LogP contribution in [0.3, 0.4) is 0 Å². The Bertz CT molecular complexity index is 1410. The fourth-order valence-corrected chi connectivity index (χ4v) is 4.24. The molecule has 48 heavy (non-hydrogen) atoms. The lowest BCUT2D eigenvalue weighted by Gasteiger charge is -2.37. The number of rotatable bonds is 18. The average molecular weight is 663 g/mol. The normalized spacial score (nSPS) is 12.7. The van der Waals surface area contributed by atoms with Crippen molar-refractivity contribution in [2.45, 2.75) is 39.5 Å². The minimum absolute atomic E-state index is 0.220. The van der Waals surface area contributed by atoms with Gasteiger partial charge in [-0.25, -0.2) is 14.4 Å². The highest BCUT2D eigenvalue weighted by atomic mass is 16.5. The number of carbonyl (C=O) groups is 3. The number of methoxy groups -OCH3 is 1. The third kappa shape index (κ3) is 14.0.